The van der Waals surface area contributed by atoms with Gasteiger partial charge in [0.1, 0.15) is 0 Å². The van der Waals surface area contributed by atoms with Crippen LogP contribution in [0.1, 0.15) is 17.4 Å². The van der Waals surface area contributed by atoms with Gasteiger partial charge in [0.25, 0.3) is 5.91 Å². The lowest BCUT2D eigenvalue weighted by Gasteiger charge is -2.33. The zero-order chi connectivity index (χ0) is 15.5. The molecule has 120 valence electrons. The molecule has 22 heavy (non-hydrogen) atoms. The van der Waals surface area contributed by atoms with E-state index in [9.17, 15) is 4.79 Å². The van der Waals surface area contributed by atoms with Crippen LogP contribution < -0.4 is 4.74 Å². The monoisotopic (exact) mass is 306 g/mol. The van der Waals surface area contributed by atoms with Gasteiger partial charge in [-0.3, -0.25) is 9.69 Å². The number of methoxy groups -OCH3 is 1. The molecule has 2 aliphatic rings. The van der Waals surface area contributed by atoms with Gasteiger partial charge < -0.3 is 14.4 Å². The molecule has 1 amide bonds. The largest absolute Gasteiger partial charge is 0.480 e. The van der Waals surface area contributed by atoms with E-state index >= 15 is 0 Å². The van der Waals surface area contributed by atoms with Gasteiger partial charge in [-0.15, -0.1) is 10.2 Å². The first-order valence-corrected chi connectivity index (χ1v) is 7.68. The van der Waals surface area contributed by atoms with E-state index in [1.54, 1.807) is 12.1 Å². The zero-order valence-electron chi connectivity index (χ0n) is 13.1. The van der Waals surface area contributed by atoms with Crippen LogP contribution >= 0.6 is 0 Å². The van der Waals surface area contributed by atoms with Gasteiger partial charge in [-0.1, -0.05) is 6.92 Å². The van der Waals surface area contributed by atoms with Crippen LogP contribution in [0.25, 0.3) is 0 Å². The summed E-state index contributed by atoms with van der Waals surface area (Å²) >= 11 is 0. The van der Waals surface area contributed by atoms with E-state index in [0.717, 1.165) is 39.4 Å². The summed E-state index contributed by atoms with van der Waals surface area (Å²) < 4.78 is 10.4. The van der Waals surface area contributed by atoms with Gasteiger partial charge in [0.05, 0.1) is 20.3 Å². The first-order valence-electron chi connectivity index (χ1n) is 7.68. The molecule has 0 aromatic carbocycles. The van der Waals surface area contributed by atoms with Gasteiger partial charge in [0.2, 0.25) is 5.88 Å². The van der Waals surface area contributed by atoms with Gasteiger partial charge >= 0.3 is 0 Å². The molecule has 0 radical (unpaired) electrons. The highest BCUT2D eigenvalue weighted by atomic mass is 16.5. The molecule has 0 aliphatic carbocycles. The Hall–Kier alpha value is -1.73. The quantitative estimate of drug-likeness (QED) is 0.799. The molecular weight excluding hydrogens is 284 g/mol. The molecule has 2 fully saturated rings. The summed E-state index contributed by atoms with van der Waals surface area (Å²) in [4.78, 5) is 16.9. The van der Waals surface area contributed by atoms with Gasteiger partial charge in [-0.2, -0.15) is 0 Å². The first-order chi connectivity index (χ1) is 10.7. The fourth-order valence-corrected chi connectivity index (χ4v) is 3.20. The minimum Gasteiger partial charge on any atom is -0.480 e. The number of ether oxygens (including phenoxy) is 2. The number of rotatable bonds is 3. The van der Waals surface area contributed by atoms with Crippen LogP contribution in [0.2, 0.25) is 0 Å². The second-order valence-electron chi connectivity index (χ2n) is 5.86. The van der Waals surface area contributed by atoms with Crippen LogP contribution in [0.3, 0.4) is 0 Å². The Kier molecular flexibility index (Phi) is 4.54. The molecule has 3 rings (SSSR count). The number of morpholine rings is 1. The summed E-state index contributed by atoms with van der Waals surface area (Å²) in [6, 6.07) is 3.74. The minimum absolute atomic E-state index is 0.0576. The standard InChI is InChI=1S/C15H22N4O3/c1-11-9-19(10-13(11)18-5-7-22-8-6-18)15(20)12-3-4-14(21-2)17-16-12/h3-4,11,13H,5-10H2,1-2H3/t11-,13+/m0/s1. The Balaban J connectivity index is 1.66. The van der Waals surface area contributed by atoms with E-state index in [0.29, 0.717) is 23.5 Å². The highest BCUT2D eigenvalue weighted by molar-refractivity contribution is 5.92. The first kappa shape index (κ1) is 15.2. The smallest absolute Gasteiger partial charge is 0.274 e. The van der Waals surface area contributed by atoms with Crippen molar-refractivity contribution in [3.8, 4) is 5.88 Å². The normalized spacial score (nSPS) is 26.2. The summed E-state index contributed by atoms with van der Waals surface area (Å²) in [5.74, 6) is 0.809. The maximum atomic E-state index is 12.6. The lowest BCUT2D eigenvalue weighted by atomic mass is 10.0. The van der Waals surface area contributed by atoms with Crippen LogP contribution in [-0.4, -0.2) is 78.4 Å². The summed E-state index contributed by atoms with van der Waals surface area (Å²) in [5, 5.41) is 7.83. The van der Waals surface area contributed by atoms with Crippen molar-refractivity contribution < 1.29 is 14.3 Å². The SMILES string of the molecule is COc1ccc(C(=O)N2C[C@@H](N3CCOCC3)[C@@H](C)C2)nn1. The Morgan fingerprint density at radius 3 is 2.68 bits per heavy atom. The second kappa shape index (κ2) is 6.58. The molecule has 7 nitrogen and oxygen atoms in total. The number of aromatic nitrogens is 2. The van der Waals surface area contributed by atoms with E-state index < -0.39 is 0 Å². The number of amides is 1. The Bertz CT molecular complexity index is 516. The summed E-state index contributed by atoms with van der Waals surface area (Å²) in [5.41, 5.74) is 0.371. The van der Waals surface area contributed by atoms with Crippen molar-refractivity contribution in [3.05, 3.63) is 17.8 Å². The lowest BCUT2D eigenvalue weighted by Crippen LogP contribution is -2.47. The number of hydrogen-bond donors (Lipinski definition) is 0. The highest BCUT2D eigenvalue weighted by Gasteiger charge is 2.37. The fraction of sp³-hybridized carbons (Fsp3) is 0.667. The van der Waals surface area contributed by atoms with Crippen molar-refractivity contribution in [2.75, 3.05) is 46.5 Å². The minimum atomic E-state index is -0.0576. The maximum absolute atomic E-state index is 12.6. The average molecular weight is 306 g/mol. The lowest BCUT2D eigenvalue weighted by molar-refractivity contribution is 0.0119. The second-order valence-corrected chi connectivity index (χ2v) is 5.86. The topological polar surface area (TPSA) is 67.8 Å². The fourth-order valence-electron chi connectivity index (χ4n) is 3.20. The predicted octanol–water partition coefficient (Wildman–Crippen LogP) is 0.278. The Morgan fingerprint density at radius 2 is 2.05 bits per heavy atom. The van der Waals surface area contributed by atoms with Gasteiger partial charge in [-0.25, -0.2) is 0 Å². The summed E-state index contributed by atoms with van der Waals surface area (Å²) in [6.07, 6.45) is 0. The molecule has 0 bridgehead atoms. The third-order valence-electron chi connectivity index (χ3n) is 4.44. The van der Waals surface area contributed by atoms with Crippen molar-refractivity contribution >= 4 is 5.91 Å². The molecule has 1 aromatic rings. The third-order valence-corrected chi connectivity index (χ3v) is 4.44. The maximum Gasteiger partial charge on any atom is 0.274 e. The van der Waals surface area contributed by atoms with E-state index in [2.05, 4.69) is 22.0 Å². The highest BCUT2D eigenvalue weighted by Crippen LogP contribution is 2.24. The van der Waals surface area contributed by atoms with E-state index in [1.165, 1.54) is 7.11 Å². The molecule has 2 saturated heterocycles. The van der Waals surface area contributed by atoms with Gasteiger partial charge in [-0.05, 0) is 12.0 Å². The van der Waals surface area contributed by atoms with Crippen LogP contribution in [-0.2, 0) is 4.74 Å². The van der Waals surface area contributed by atoms with Crippen LogP contribution in [0, 0.1) is 5.92 Å². The van der Waals surface area contributed by atoms with Crippen LogP contribution in [0.5, 0.6) is 5.88 Å². The van der Waals surface area contributed by atoms with Crippen molar-refractivity contribution in [1.29, 1.82) is 0 Å². The van der Waals surface area contributed by atoms with Crippen LogP contribution in [0.4, 0.5) is 0 Å². The Morgan fingerprint density at radius 1 is 1.27 bits per heavy atom. The van der Waals surface area contributed by atoms with Crippen molar-refractivity contribution in [3.63, 3.8) is 0 Å². The van der Waals surface area contributed by atoms with Crippen molar-refractivity contribution in [2.45, 2.75) is 13.0 Å². The van der Waals surface area contributed by atoms with Crippen molar-refractivity contribution in [1.82, 2.24) is 20.0 Å². The number of nitrogens with zero attached hydrogens (tertiary/aromatic N) is 4. The molecule has 3 heterocycles. The van der Waals surface area contributed by atoms with Crippen LogP contribution in [0.15, 0.2) is 12.1 Å². The molecule has 1 aromatic heterocycles. The van der Waals surface area contributed by atoms with E-state index in [1.807, 2.05) is 4.90 Å². The predicted molar refractivity (Wildman–Crippen MR) is 79.8 cm³/mol. The van der Waals surface area contributed by atoms with Gasteiger partial charge in [0, 0.05) is 38.3 Å². The van der Waals surface area contributed by atoms with Gasteiger partial charge in [0.15, 0.2) is 5.69 Å². The molecule has 0 unspecified atom stereocenters. The van der Waals surface area contributed by atoms with E-state index in [4.69, 9.17) is 9.47 Å². The zero-order valence-corrected chi connectivity index (χ0v) is 13.1. The number of carbonyl (C=O) groups excluding carboxylic acids is 1. The molecular formula is C15H22N4O3. The molecule has 0 N–H and O–H groups in total. The number of likely N-dealkylation sites (tertiary alicyclic amines) is 1. The molecule has 0 saturated carbocycles. The Labute approximate surface area is 130 Å². The average Bonchev–Trinajstić information content (AvgIpc) is 2.97. The number of hydrogen-bond acceptors (Lipinski definition) is 6. The summed E-state index contributed by atoms with van der Waals surface area (Å²) in [7, 11) is 1.53. The van der Waals surface area contributed by atoms with E-state index in [-0.39, 0.29) is 5.91 Å². The molecule has 2 atom stereocenters. The third kappa shape index (κ3) is 3.05. The summed E-state index contributed by atoms with van der Waals surface area (Å²) in [6.45, 7) is 7.15. The molecule has 2 aliphatic heterocycles. The molecule has 7 heteroatoms. The number of carbonyl (C=O) groups is 1. The molecule has 0 spiro atoms. The van der Waals surface area contributed by atoms with Crippen molar-refractivity contribution in [2.24, 2.45) is 5.92 Å².